The number of nitrogens with one attached hydrogen (secondary N) is 1. The van der Waals surface area contributed by atoms with Gasteiger partial charge in [0, 0.05) is 29.1 Å². The Morgan fingerprint density at radius 1 is 1.11 bits per heavy atom. The van der Waals surface area contributed by atoms with Gasteiger partial charge in [-0.25, -0.2) is 13.4 Å². The number of azo groups is 1. The van der Waals surface area contributed by atoms with Crippen molar-refractivity contribution in [3.05, 3.63) is 41.0 Å². The minimum absolute atomic E-state index is 0.0962. The van der Waals surface area contributed by atoms with Crippen molar-refractivity contribution in [2.75, 3.05) is 13.1 Å². The number of nitrogens with zero attached hydrogens (tertiary/aromatic N) is 4. The standard InChI is InChI=1S/C18H18BrN5O3S/c19-12-4-6-15-14(10-12)17(18(25)21-15)23-22-16-7-5-13(11-20-16)28(26,27)24-8-2-1-3-9-24/h4-7,10-11,21,25H,1-3,8-9H2. The molecule has 8 nitrogen and oxygen atoms in total. The molecule has 0 radical (unpaired) electrons. The van der Waals surface area contributed by atoms with E-state index in [9.17, 15) is 13.5 Å². The summed E-state index contributed by atoms with van der Waals surface area (Å²) < 4.78 is 27.7. The van der Waals surface area contributed by atoms with Crippen LogP contribution in [0.4, 0.5) is 11.5 Å². The molecule has 0 unspecified atom stereocenters. The third kappa shape index (κ3) is 3.67. The van der Waals surface area contributed by atoms with Crippen LogP contribution in [0.2, 0.25) is 0 Å². The normalized spacial score (nSPS) is 16.2. The Balaban J connectivity index is 1.58. The van der Waals surface area contributed by atoms with E-state index in [1.807, 2.05) is 18.2 Å². The van der Waals surface area contributed by atoms with E-state index in [0.717, 1.165) is 29.3 Å². The molecule has 1 fully saturated rings. The van der Waals surface area contributed by atoms with E-state index in [4.69, 9.17) is 0 Å². The fraction of sp³-hybridized carbons (Fsp3) is 0.278. The van der Waals surface area contributed by atoms with E-state index in [0.29, 0.717) is 24.2 Å². The average Bonchev–Trinajstić information content (AvgIpc) is 3.01. The van der Waals surface area contributed by atoms with Crippen LogP contribution in [0.5, 0.6) is 5.88 Å². The number of halogens is 1. The van der Waals surface area contributed by atoms with Gasteiger partial charge < -0.3 is 10.1 Å². The summed E-state index contributed by atoms with van der Waals surface area (Å²) in [5.74, 6) is 0.155. The Kier molecular flexibility index (Phi) is 5.17. The molecular weight excluding hydrogens is 446 g/mol. The van der Waals surface area contributed by atoms with Gasteiger partial charge >= 0.3 is 0 Å². The van der Waals surface area contributed by atoms with Gasteiger partial charge in [-0.05, 0) is 43.2 Å². The number of piperidine rings is 1. The predicted octanol–water partition coefficient (Wildman–Crippen LogP) is 4.62. The molecule has 0 aliphatic carbocycles. The number of hydrogen-bond donors (Lipinski definition) is 2. The fourth-order valence-corrected chi connectivity index (χ4v) is 5.00. The first-order chi connectivity index (χ1) is 13.4. The summed E-state index contributed by atoms with van der Waals surface area (Å²) >= 11 is 3.39. The van der Waals surface area contributed by atoms with E-state index < -0.39 is 10.0 Å². The van der Waals surface area contributed by atoms with Crippen molar-refractivity contribution in [1.82, 2.24) is 14.3 Å². The molecule has 0 atom stereocenters. The number of benzene rings is 1. The van der Waals surface area contributed by atoms with E-state index >= 15 is 0 Å². The van der Waals surface area contributed by atoms with Crippen molar-refractivity contribution in [2.45, 2.75) is 24.2 Å². The second-order valence-electron chi connectivity index (χ2n) is 6.53. The van der Waals surface area contributed by atoms with Crippen LogP contribution in [0.3, 0.4) is 0 Å². The summed E-state index contributed by atoms with van der Waals surface area (Å²) in [4.78, 5) is 7.08. The Labute approximate surface area is 170 Å². The Bertz CT molecular complexity index is 1140. The lowest BCUT2D eigenvalue weighted by Crippen LogP contribution is -2.35. The number of aromatic amines is 1. The number of rotatable bonds is 4. The number of H-pyrrole nitrogens is 1. The van der Waals surface area contributed by atoms with Gasteiger partial charge in [-0.1, -0.05) is 22.4 Å². The molecule has 146 valence electrons. The Morgan fingerprint density at radius 3 is 2.61 bits per heavy atom. The number of pyridine rings is 1. The van der Waals surface area contributed by atoms with Crippen LogP contribution < -0.4 is 0 Å². The molecule has 10 heteroatoms. The molecule has 0 bridgehead atoms. The highest BCUT2D eigenvalue weighted by molar-refractivity contribution is 9.10. The van der Waals surface area contributed by atoms with Crippen molar-refractivity contribution in [3.63, 3.8) is 0 Å². The predicted molar refractivity (Wildman–Crippen MR) is 109 cm³/mol. The SMILES string of the molecule is O=S(=O)(c1ccc(N=Nc2c(O)[nH]c3ccc(Br)cc23)nc1)N1CCCCC1. The topological polar surface area (TPSA) is 111 Å². The third-order valence-corrected chi connectivity index (χ3v) is 7.02. The van der Waals surface area contributed by atoms with Gasteiger partial charge in [0.15, 0.2) is 11.5 Å². The first kappa shape index (κ1) is 19.0. The maximum absolute atomic E-state index is 12.7. The lowest BCUT2D eigenvalue weighted by Gasteiger charge is -2.25. The molecule has 2 N–H and O–H groups in total. The van der Waals surface area contributed by atoms with Crippen LogP contribution in [-0.4, -0.2) is 40.9 Å². The number of fused-ring (bicyclic) bond motifs is 1. The molecule has 0 spiro atoms. The largest absolute Gasteiger partial charge is 0.493 e. The summed E-state index contributed by atoms with van der Waals surface area (Å²) in [5, 5.41) is 18.9. The Hall–Kier alpha value is -2.30. The molecule has 0 amide bonds. The minimum atomic E-state index is -3.53. The van der Waals surface area contributed by atoms with Crippen LogP contribution >= 0.6 is 15.9 Å². The summed E-state index contributed by atoms with van der Waals surface area (Å²) in [6, 6.07) is 8.47. The number of aromatic hydroxyl groups is 1. The van der Waals surface area contributed by atoms with E-state index in [1.165, 1.54) is 22.6 Å². The van der Waals surface area contributed by atoms with Crippen molar-refractivity contribution in [1.29, 1.82) is 0 Å². The summed E-state index contributed by atoms with van der Waals surface area (Å²) in [7, 11) is -3.53. The molecule has 1 aliphatic heterocycles. The second-order valence-corrected chi connectivity index (χ2v) is 9.38. The molecule has 0 saturated carbocycles. The lowest BCUT2D eigenvalue weighted by atomic mass is 10.2. The highest BCUT2D eigenvalue weighted by Gasteiger charge is 2.26. The van der Waals surface area contributed by atoms with Gasteiger partial charge in [0.2, 0.25) is 15.9 Å². The molecule has 28 heavy (non-hydrogen) atoms. The smallest absolute Gasteiger partial charge is 0.244 e. The zero-order chi connectivity index (χ0) is 19.7. The summed E-state index contributed by atoms with van der Waals surface area (Å²) in [5.41, 5.74) is 1.02. The number of sulfonamides is 1. The highest BCUT2D eigenvalue weighted by Crippen LogP contribution is 2.37. The van der Waals surface area contributed by atoms with Gasteiger partial charge in [-0.2, -0.15) is 4.31 Å². The molecule has 1 saturated heterocycles. The maximum atomic E-state index is 12.7. The molecule has 1 aromatic carbocycles. The molecule has 1 aliphatic rings. The third-order valence-electron chi connectivity index (χ3n) is 4.64. The van der Waals surface area contributed by atoms with Gasteiger partial charge in [-0.15, -0.1) is 10.2 Å². The highest BCUT2D eigenvalue weighted by atomic mass is 79.9. The summed E-state index contributed by atoms with van der Waals surface area (Å²) in [6.07, 6.45) is 4.11. The van der Waals surface area contributed by atoms with Gasteiger partial charge in [0.1, 0.15) is 4.90 Å². The number of hydrogen-bond acceptors (Lipinski definition) is 6. The first-order valence-corrected chi connectivity index (χ1v) is 11.1. The number of aromatic nitrogens is 2. The summed E-state index contributed by atoms with van der Waals surface area (Å²) in [6.45, 7) is 1.08. The molecule has 3 heterocycles. The zero-order valence-electron chi connectivity index (χ0n) is 14.8. The van der Waals surface area contributed by atoms with Crippen molar-refractivity contribution < 1.29 is 13.5 Å². The van der Waals surface area contributed by atoms with Gasteiger partial charge in [0.05, 0.1) is 5.52 Å². The minimum Gasteiger partial charge on any atom is -0.493 e. The van der Waals surface area contributed by atoms with Crippen molar-refractivity contribution >= 4 is 48.4 Å². The van der Waals surface area contributed by atoms with Crippen LogP contribution in [0.1, 0.15) is 19.3 Å². The van der Waals surface area contributed by atoms with E-state index in [1.54, 1.807) is 0 Å². The molecule has 3 aromatic rings. The van der Waals surface area contributed by atoms with Gasteiger partial charge in [0.25, 0.3) is 0 Å². The molecule has 4 rings (SSSR count). The van der Waals surface area contributed by atoms with Crippen molar-refractivity contribution in [2.24, 2.45) is 10.2 Å². The zero-order valence-corrected chi connectivity index (χ0v) is 17.2. The van der Waals surface area contributed by atoms with Crippen LogP contribution in [-0.2, 0) is 10.0 Å². The maximum Gasteiger partial charge on any atom is 0.244 e. The average molecular weight is 464 g/mol. The van der Waals surface area contributed by atoms with Crippen LogP contribution in [0.15, 0.2) is 56.1 Å². The van der Waals surface area contributed by atoms with E-state index in [-0.39, 0.29) is 16.6 Å². The lowest BCUT2D eigenvalue weighted by molar-refractivity contribution is 0.346. The quantitative estimate of drug-likeness (QED) is 0.549. The van der Waals surface area contributed by atoms with Crippen LogP contribution in [0, 0.1) is 0 Å². The Morgan fingerprint density at radius 2 is 1.89 bits per heavy atom. The first-order valence-electron chi connectivity index (χ1n) is 8.83. The monoisotopic (exact) mass is 463 g/mol. The second kappa shape index (κ2) is 7.61. The molecule has 2 aromatic heterocycles. The fourth-order valence-electron chi connectivity index (χ4n) is 3.18. The van der Waals surface area contributed by atoms with Crippen LogP contribution in [0.25, 0.3) is 10.9 Å². The van der Waals surface area contributed by atoms with E-state index in [2.05, 4.69) is 36.1 Å². The van der Waals surface area contributed by atoms with Gasteiger partial charge in [-0.3, -0.25) is 0 Å². The van der Waals surface area contributed by atoms with Crippen molar-refractivity contribution in [3.8, 4) is 5.88 Å². The molecular formula is C18H18BrN5O3S.